The average molecular weight is 250 g/mol. The molecule has 17 heavy (non-hydrogen) atoms. The van der Waals surface area contributed by atoms with Crippen LogP contribution in [0, 0.1) is 5.92 Å². The Kier molecular flexibility index (Phi) is 2.92. The Bertz CT molecular complexity index is 390. The average Bonchev–Trinajstić information content (AvgIpc) is 3.03. The molecule has 2 heteroatoms. The summed E-state index contributed by atoms with van der Waals surface area (Å²) < 4.78 is 0. The van der Waals surface area contributed by atoms with Crippen LogP contribution in [0.3, 0.4) is 0 Å². The molecule has 1 aromatic carbocycles. The van der Waals surface area contributed by atoms with Crippen LogP contribution in [-0.2, 0) is 5.41 Å². The summed E-state index contributed by atoms with van der Waals surface area (Å²) in [6.07, 6.45) is 7.82. The van der Waals surface area contributed by atoms with E-state index >= 15 is 0 Å². The summed E-state index contributed by atoms with van der Waals surface area (Å²) >= 11 is 5.97. The van der Waals surface area contributed by atoms with Crippen molar-refractivity contribution in [2.75, 3.05) is 0 Å². The van der Waals surface area contributed by atoms with Crippen LogP contribution < -0.4 is 5.73 Å². The molecule has 0 aromatic heterocycles. The van der Waals surface area contributed by atoms with E-state index in [4.69, 9.17) is 17.3 Å². The minimum absolute atomic E-state index is 0.257. The van der Waals surface area contributed by atoms with Crippen molar-refractivity contribution < 1.29 is 0 Å². The molecule has 0 heterocycles. The second kappa shape index (κ2) is 4.29. The molecule has 0 radical (unpaired) electrons. The van der Waals surface area contributed by atoms with Crippen molar-refractivity contribution >= 4 is 11.6 Å². The van der Waals surface area contributed by atoms with Gasteiger partial charge in [0, 0.05) is 16.5 Å². The SMILES string of the molecule is N[C@H](CC1CC1)C1(c2ccc(Cl)cc2)CCC1. The van der Waals surface area contributed by atoms with Crippen molar-refractivity contribution in [2.24, 2.45) is 11.7 Å². The zero-order valence-corrected chi connectivity index (χ0v) is 10.9. The summed E-state index contributed by atoms with van der Waals surface area (Å²) in [5.41, 5.74) is 8.15. The van der Waals surface area contributed by atoms with E-state index in [-0.39, 0.29) is 5.41 Å². The van der Waals surface area contributed by atoms with Gasteiger partial charge in [0.05, 0.1) is 0 Å². The van der Waals surface area contributed by atoms with E-state index in [1.807, 2.05) is 12.1 Å². The second-order valence-corrected chi connectivity index (χ2v) is 6.24. The number of hydrogen-bond acceptors (Lipinski definition) is 1. The largest absolute Gasteiger partial charge is 0.327 e. The lowest BCUT2D eigenvalue weighted by atomic mass is 9.59. The fraction of sp³-hybridized carbons (Fsp3) is 0.600. The third kappa shape index (κ3) is 2.11. The van der Waals surface area contributed by atoms with Crippen LogP contribution in [0.15, 0.2) is 24.3 Å². The minimum Gasteiger partial charge on any atom is -0.327 e. The van der Waals surface area contributed by atoms with Crippen molar-refractivity contribution in [1.82, 2.24) is 0 Å². The van der Waals surface area contributed by atoms with Crippen LogP contribution in [-0.4, -0.2) is 6.04 Å². The third-order valence-electron chi connectivity index (χ3n) is 4.66. The predicted molar refractivity (Wildman–Crippen MR) is 72.3 cm³/mol. The van der Waals surface area contributed by atoms with Gasteiger partial charge in [-0.05, 0) is 42.9 Å². The minimum atomic E-state index is 0.257. The molecule has 0 unspecified atom stereocenters. The van der Waals surface area contributed by atoms with Gasteiger partial charge < -0.3 is 5.73 Å². The highest BCUT2D eigenvalue weighted by Crippen LogP contribution is 2.49. The van der Waals surface area contributed by atoms with E-state index in [1.54, 1.807) is 0 Å². The van der Waals surface area contributed by atoms with Crippen LogP contribution in [0.2, 0.25) is 5.02 Å². The maximum Gasteiger partial charge on any atom is 0.0406 e. The van der Waals surface area contributed by atoms with Gasteiger partial charge in [0.25, 0.3) is 0 Å². The van der Waals surface area contributed by atoms with E-state index < -0.39 is 0 Å². The molecule has 2 saturated carbocycles. The molecule has 0 spiro atoms. The van der Waals surface area contributed by atoms with E-state index in [2.05, 4.69) is 12.1 Å². The summed E-state index contributed by atoms with van der Waals surface area (Å²) in [5.74, 6) is 0.912. The van der Waals surface area contributed by atoms with Crippen molar-refractivity contribution in [3.8, 4) is 0 Å². The third-order valence-corrected chi connectivity index (χ3v) is 4.91. The molecule has 0 aliphatic heterocycles. The van der Waals surface area contributed by atoms with Crippen LogP contribution in [0.4, 0.5) is 0 Å². The van der Waals surface area contributed by atoms with Crippen LogP contribution in [0.1, 0.15) is 44.1 Å². The zero-order valence-electron chi connectivity index (χ0n) is 10.2. The van der Waals surface area contributed by atoms with E-state index in [0.717, 1.165) is 10.9 Å². The van der Waals surface area contributed by atoms with Gasteiger partial charge >= 0.3 is 0 Å². The van der Waals surface area contributed by atoms with Gasteiger partial charge in [-0.3, -0.25) is 0 Å². The molecule has 0 saturated heterocycles. The summed E-state index contributed by atoms with van der Waals surface area (Å²) in [6, 6.07) is 8.69. The van der Waals surface area contributed by atoms with Crippen molar-refractivity contribution in [3.63, 3.8) is 0 Å². The smallest absolute Gasteiger partial charge is 0.0406 e. The van der Waals surface area contributed by atoms with Gasteiger partial charge in [-0.1, -0.05) is 43.0 Å². The van der Waals surface area contributed by atoms with E-state index in [0.29, 0.717) is 6.04 Å². The molecule has 0 amide bonds. The molecule has 2 aliphatic carbocycles. The molecule has 2 N–H and O–H groups in total. The molecule has 2 fully saturated rings. The summed E-state index contributed by atoms with van der Waals surface area (Å²) in [5, 5.41) is 0.819. The predicted octanol–water partition coefficient (Wildman–Crippen LogP) is 3.89. The van der Waals surface area contributed by atoms with Crippen molar-refractivity contribution in [1.29, 1.82) is 0 Å². The van der Waals surface area contributed by atoms with E-state index in [1.165, 1.54) is 44.1 Å². The molecule has 1 nitrogen and oxygen atoms in total. The molecule has 1 aromatic rings. The monoisotopic (exact) mass is 249 g/mol. The number of halogens is 1. The Hall–Kier alpha value is -0.530. The number of hydrogen-bond donors (Lipinski definition) is 1. The molecule has 3 rings (SSSR count). The Morgan fingerprint density at radius 1 is 1.24 bits per heavy atom. The first-order valence-electron chi connectivity index (χ1n) is 6.72. The highest BCUT2D eigenvalue weighted by molar-refractivity contribution is 6.30. The summed E-state index contributed by atoms with van der Waals surface area (Å²) in [6.45, 7) is 0. The first kappa shape index (κ1) is 11.6. The lowest BCUT2D eigenvalue weighted by Crippen LogP contribution is -2.50. The summed E-state index contributed by atoms with van der Waals surface area (Å²) in [4.78, 5) is 0. The first-order chi connectivity index (χ1) is 8.21. The number of rotatable bonds is 4. The Labute approximate surface area is 108 Å². The lowest BCUT2D eigenvalue weighted by molar-refractivity contribution is 0.184. The molecular formula is C15H20ClN. The van der Waals surface area contributed by atoms with E-state index in [9.17, 15) is 0 Å². The van der Waals surface area contributed by atoms with Gasteiger partial charge in [0.1, 0.15) is 0 Å². The Morgan fingerprint density at radius 3 is 2.35 bits per heavy atom. The van der Waals surface area contributed by atoms with Gasteiger partial charge in [-0.15, -0.1) is 0 Å². The Morgan fingerprint density at radius 2 is 1.88 bits per heavy atom. The topological polar surface area (TPSA) is 26.0 Å². The maximum absolute atomic E-state index is 6.49. The normalized spacial score (nSPS) is 24.1. The molecule has 92 valence electrons. The fourth-order valence-electron chi connectivity index (χ4n) is 3.15. The van der Waals surface area contributed by atoms with Crippen molar-refractivity contribution in [2.45, 2.75) is 50.0 Å². The van der Waals surface area contributed by atoms with Gasteiger partial charge in [-0.25, -0.2) is 0 Å². The van der Waals surface area contributed by atoms with Gasteiger partial charge in [-0.2, -0.15) is 0 Å². The summed E-state index contributed by atoms with van der Waals surface area (Å²) in [7, 11) is 0. The first-order valence-corrected chi connectivity index (χ1v) is 7.10. The fourth-order valence-corrected chi connectivity index (χ4v) is 3.28. The van der Waals surface area contributed by atoms with Crippen LogP contribution in [0.25, 0.3) is 0 Å². The standard InChI is InChI=1S/C15H20ClN/c16-13-6-4-12(5-7-13)15(8-1-9-15)14(17)10-11-2-3-11/h4-7,11,14H,1-3,8-10,17H2/t14-/m1/s1. The highest BCUT2D eigenvalue weighted by Gasteiger charge is 2.45. The molecule has 1 atom stereocenters. The number of benzene rings is 1. The number of nitrogens with two attached hydrogens (primary N) is 1. The molecule has 2 aliphatic rings. The van der Waals surface area contributed by atoms with Gasteiger partial charge in [0.2, 0.25) is 0 Å². The maximum atomic E-state index is 6.49. The molecular weight excluding hydrogens is 230 g/mol. The van der Waals surface area contributed by atoms with Gasteiger partial charge in [0.15, 0.2) is 0 Å². The Balaban J connectivity index is 1.82. The van der Waals surface area contributed by atoms with Crippen molar-refractivity contribution in [3.05, 3.63) is 34.9 Å². The second-order valence-electron chi connectivity index (χ2n) is 5.80. The van der Waals surface area contributed by atoms with Crippen LogP contribution in [0.5, 0.6) is 0 Å². The highest BCUT2D eigenvalue weighted by atomic mass is 35.5. The quantitative estimate of drug-likeness (QED) is 0.861. The van der Waals surface area contributed by atoms with Crippen LogP contribution >= 0.6 is 11.6 Å². The lowest BCUT2D eigenvalue weighted by Gasteiger charge is -2.47. The molecule has 0 bridgehead atoms. The zero-order chi connectivity index (χ0) is 11.9.